The van der Waals surface area contributed by atoms with Crippen LogP contribution in [0.4, 0.5) is 18.9 Å². The van der Waals surface area contributed by atoms with Gasteiger partial charge >= 0.3 is 12.3 Å². The first-order valence-electron chi connectivity index (χ1n) is 5.18. The molecule has 0 unspecified atom stereocenters. The lowest BCUT2D eigenvalue weighted by Gasteiger charge is -2.13. The molecule has 6 nitrogen and oxygen atoms in total. The van der Waals surface area contributed by atoms with Gasteiger partial charge in [-0.15, -0.1) is 13.2 Å². The number of ether oxygens (including phenoxy) is 1. The summed E-state index contributed by atoms with van der Waals surface area (Å²) in [7, 11) is 0. The Morgan fingerprint density at radius 1 is 1.52 bits per heavy atom. The van der Waals surface area contributed by atoms with Crippen LogP contribution >= 0.6 is 11.8 Å². The Morgan fingerprint density at radius 3 is 2.67 bits per heavy atom. The van der Waals surface area contributed by atoms with Gasteiger partial charge in [0.25, 0.3) is 0 Å². The van der Waals surface area contributed by atoms with Gasteiger partial charge in [0.2, 0.25) is 0 Å². The summed E-state index contributed by atoms with van der Waals surface area (Å²) < 4.78 is 40.7. The molecule has 0 saturated carbocycles. The normalized spacial score (nSPS) is 11.7. The smallest absolute Gasteiger partial charge is 0.478 e. The molecule has 0 saturated heterocycles. The summed E-state index contributed by atoms with van der Waals surface area (Å²) in [6.45, 7) is 0. The van der Waals surface area contributed by atoms with E-state index in [0.717, 1.165) is 30.0 Å². The second kappa shape index (κ2) is 6.85. The second-order valence-electron chi connectivity index (χ2n) is 3.36. The van der Waals surface area contributed by atoms with E-state index in [2.05, 4.69) is 15.0 Å². The molecule has 112 valence electrons. The van der Waals surface area contributed by atoms with E-state index in [-0.39, 0.29) is 5.17 Å². The molecule has 0 fully saturated rings. The van der Waals surface area contributed by atoms with Crippen molar-refractivity contribution >= 4 is 28.6 Å². The number of aliphatic imine (C=N–C) groups is 1. The first-order valence-corrected chi connectivity index (χ1v) is 6.40. The van der Waals surface area contributed by atoms with Crippen molar-refractivity contribution in [1.29, 1.82) is 5.26 Å². The molecular formula is C11H8F3N3O3S. The van der Waals surface area contributed by atoms with Gasteiger partial charge in [0.05, 0.1) is 5.56 Å². The molecule has 0 amide bonds. The Hall–Kier alpha value is -2.41. The predicted octanol–water partition coefficient (Wildman–Crippen LogP) is 2.70. The number of aromatic carboxylic acids is 1. The highest BCUT2D eigenvalue weighted by Crippen LogP contribution is 2.35. The zero-order valence-corrected chi connectivity index (χ0v) is 11.2. The molecule has 1 rings (SSSR count). The lowest BCUT2D eigenvalue weighted by Crippen LogP contribution is -2.18. The zero-order chi connectivity index (χ0) is 16.0. The van der Waals surface area contributed by atoms with Crippen LogP contribution in [0.25, 0.3) is 0 Å². The number of thioether (sulfide) groups is 1. The number of hydrogen-bond acceptors (Lipinski definition) is 5. The summed E-state index contributed by atoms with van der Waals surface area (Å²) in [6, 6.07) is 3.11. The first kappa shape index (κ1) is 16.6. The van der Waals surface area contributed by atoms with Gasteiger partial charge in [0.15, 0.2) is 17.1 Å². The number of alkyl halides is 3. The molecule has 0 atom stereocenters. The average Bonchev–Trinajstić information content (AvgIpc) is 2.37. The maximum atomic E-state index is 12.3. The number of carboxylic acid groups (broad SMARTS) is 1. The van der Waals surface area contributed by atoms with Gasteiger partial charge in [-0.25, -0.2) is 9.79 Å². The van der Waals surface area contributed by atoms with Crippen molar-refractivity contribution in [3.63, 3.8) is 0 Å². The van der Waals surface area contributed by atoms with Gasteiger partial charge in [-0.2, -0.15) is 5.26 Å². The van der Waals surface area contributed by atoms with Crippen molar-refractivity contribution in [2.24, 2.45) is 4.99 Å². The molecule has 0 aliphatic carbocycles. The molecule has 0 bridgehead atoms. The molecule has 0 aliphatic heterocycles. The Bertz CT molecular complexity index is 611. The highest BCUT2D eigenvalue weighted by atomic mass is 32.2. The Kier molecular flexibility index (Phi) is 5.43. The fourth-order valence-electron chi connectivity index (χ4n) is 1.29. The van der Waals surface area contributed by atoms with Crippen LogP contribution in [0.2, 0.25) is 0 Å². The van der Waals surface area contributed by atoms with E-state index < -0.39 is 29.3 Å². The van der Waals surface area contributed by atoms with Crippen molar-refractivity contribution in [2.45, 2.75) is 6.36 Å². The van der Waals surface area contributed by atoms with Crippen molar-refractivity contribution in [3.8, 4) is 11.9 Å². The number of nitrogens with one attached hydrogen (secondary N) is 1. The van der Waals surface area contributed by atoms with Gasteiger partial charge < -0.3 is 9.84 Å². The molecule has 0 spiro atoms. The number of nitrogens with zero attached hydrogens (tertiary/aromatic N) is 2. The number of benzene rings is 1. The van der Waals surface area contributed by atoms with E-state index in [1.807, 2.05) is 0 Å². The van der Waals surface area contributed by atoms with Gasteiger partial charge in [0, 0.05) is 0 Å². The summed E-state index contributed by atoms with van der Waals surface area (Å²) in [4.78, 5) is 14.8. The van der Waals surface area contributed by atoms with Crippen LogP contribution < -0.4 is 10.1 Å². The number of halogens is 3. The van der Waals surface area contributed by atoms with E-state index in [9.17, 15) is 18.0 Å². The van der Waals surface area contributed by atoms with Gasteiger partial charge in [0.1, 0.15) is 5.69 Å². The quantitative estimate of drug-likeness (QED) is 0.385. The van der Waals surface area contributed by atoms with E-state index >= 15 is 0 Å². The molecule has 0 aromatic heterocycles. The topological polar surface area (TPSA) is 94.7 Å². The minimum absolute atomic E-state index is 0.0711. The lowest BCUT2D eigenvalue weighted by molar-refractivity contribution is -0.274. The SMILES string of the molecule is CSC(=Nc1c(OC(F)(F)F)cccc1C(=O)O)NC#N. The van der Waals surface area contributed by atoms with Crippen LogP contribution in [0, 0.1) is 11.5 Å². The Morgan fingerprint density at radius 2 is 2.19 bits per heavy atom. The summed E-state index contributed by atoms with van der Waals surface area (Å²) in [6.07, 6.45) is -1.94. The van der Waals surface area contributed by atoms with Crippen LogP contribution in [-0.4, -0.2) is 28.9 Å². The predicted molar refractivity (Wildman–Crippen MR) is 69.4 cm³/mol. The number of hydrogen-bond donors (Lipinski definition) is 2. The number of para-hydroxylation sites is 1. The Labute approximate surface area is 121 Å². The second-order valence-corrected chi connectivity index (χ2v) is 4.16. The molecule has 0 heterocycles. The van der Waals surface area contributed by atoms with Crippen LogP contribution in [-0.2, 0) is 0 Å². The minimum Gasteiger partial charge on any atom is -0.478 e. The highest BCUT2D eigenvalue weighted by molar-refractivity contribution is 8.13. The highest BCUT2D eigenvalue weighted by Gasteiger charge is 2.33. The van der Waals surface area contributed by atoms with E-state index in [4.69, 9.17) is 10.4 Å². The minimum atomic E-state index is -5.00. The first-order chi connectivity index (χ1) is 9.78. The zero-order valence-electron chi connectivity index (χ0n) is 10.4. The van der Waals surface area contributed by atoms with Gasteiger partial charge in [-0.05, 0) is 18.4 Å². The molecule has 10 heteroatoms. The van der Waals surface area contributed by atoms with Crippen LogP contribution in [0.1, 0.15) is 10.4 Å². The largest absolute Gasteiger partial charge is 0.573 e. The summed E-state index contributed by atoms with van der Waals surface area (Å²) in [5, 5.41) is 19.6. The number of carboxylic acids is 1. The van der Waals surface area contributed by atoms with E-state index in [1.165, 1.54) is 6.26 Å². The summed E-state index contributed by atoms with van der Waals surface area (Å²) >= 11 is 0.923. The van der Waals surface area contributed by atoms with E-state index in [1.54, 1.807) is 6.19 Å². The number of amidine groups is 1. The molecule has 21 heavy (non-hydrogen) atoms. The standard InChI is InChI=1S/C11H8F3N3O3S/c1-21-10(16-5-15)17-8-6(9(18)19)3-2-4-7(8)20-11(12,13)14/h2-4H,1H3,(H,16,17)(H,18,19). The maximum absolute atomic E-state index is 12.3. The summed E-state index contributed by atoms with van der Waals surface area (Å²) in [5.74, 6) is -2.24. The van der Waals surface area contributed by atoms with Crippen LogP contribution in [0.15, 0.2) is 23.2 Å². The van der Waals surface area contributed by atoms with Crippen LogP contribution in [0.5, 0.6) is 5.75 Å². The summed E-state index contributed by atoms with van der Waals surface area (Å²) in [5.41, 5.74) is -1.02. The third-order valence-corrected chi connectivity index (χ3v) is 2.60. The molecule has 0 radical (unpaired) electrons. The van der Waals surface area contributed by atoms with Crippen molar-refractivity contribution < 1.29 is 27.8 Å². The van der Waals surface area contributed by atoms with Crippen molar-refractivity contribution in [3.05, 3.63) is 23.8 Å². The lowest BCUT2D eigenvalue weighted by atomic mass is 10.1. The fourth-order valence-corrected chi connectivity index (χ4v) is 1.62. The number of carbonyl (C=O) groups is 1. The van der Waals surface area contributed by atoms with Crippen molar-refractivity contribution in [1.82, 2.24) is 5.32 Å². The van der Waals surface area contributed by atoms with Gasteiger partial charge in [-0.3, -0.25) is 5.32 Å². The maximum Gasteiger partial charge on any atom is 0.573 e. The van der Waals surface area contributed by atoms with Crippen molar-refractivity contribution in [2.75, 3.05) is 6.26 Å². The Balaban J connectivity index is 3.43. The molecular weight excluding hydrogens is 311 g/mol. The molecule has 0 aliphatic rings. The van der Waals surface area contributed by atoms with Gasteiger partial charge in [-0.1, -0.05) is 17.8 Å². The third kappa shape index (κ3) is 4.88. The molecule has 1 aromatic rings. The monoisotopic (exact) mass is 319 g/mol. The molecule has 1 aromatic carbocycles. The average molecular weight is 319 g/mol. The van der Waals surface area contributed by atoms with E-state index in [0.29, 0.717) is 0 Å². The number of nitriles is 1. The fraction of sp³-hybridized carbons (Fsp3) is 0.182. The molecule has 2 N–H and O–H groups in total. The third-order valence-electron chi connectivity index (χ3n) is 2.02. The van der Waals surface area contributed by atoms with Crippen LogP contribution in [0.3, 0.4) is 0 Å². The number of rotatable bonds is 3.